The summed E-state index contributed by atoms with van der Waals surface area (Å²) in [6, 6.07) is 7.08. The lowest BCUT2D eigenvalue weighted by atomic mass is 10.2. The predicted octanol–water partition coefficient (Wildman–Crippen LogP) is 2.80. The van der Waals surface area contributed by atoms with E-state index >= 15 is 0 Å². The van der Waals surface area contributed by atoms with Gasteiger partial charge in [0.1, 0.15) is 4.60 Å². The van der Waals surface area contributed by atoms with Crippen LogP contribution in [-0.4, -0.2) is 15.9 Å². The summed E-state index contributed by atoms with van der Waals surface area (Å²) in [5.41, 5.74) is 2.09. The molecule has 0 aliphatic carbocycles. The number of rotatable bonds is 2. The fraction of sp³-hybridized carbons (Fsp3) is 0.0833. The Morgan fingerprint density at radius 2 is 2.00 bits per heavy atom. The molecule has 1 amide bonds. The highest BCUT2D eigenvalue weighted by Crippen LogP contribution is 2.10. The number of nitrogens with one attached hydrogen (secondary N) is 1. The fourth-order valence-electron chi connectivity index (χ4n) is 1.26. The second-order valence-electron chi connectivity index (χ2n) is 3.51. The van der Waals surface area contributed by atoms with Crippen LogP contribution in [0.5, 0.6) is 0 Å². The summed E-state index contributed by atoms with van der Waals surface area (Å²) in [6.45, 7) is 1.89. The van der Waals surface area contributed by atoms with Gasteiger partial charge in [-0.1, -0.05) is 0 Å². The number of anilines is 1. The van der Waals surface area contributed by atoms with Crippen molar-refractivity contribution in [2.45, 2.75) is 6.92 Å². The molecule has 0 spiro atoms. The third-order valence-electron chi connectivity index (χ3n) is 2.16. The van der Waals surface area contributed by atoms with Crippen LogP contribution in [0.4, 0.5) is 5.69 Å². The summed E-state index contributed by atoms with van der Waals surface area (Å²) < 4.78 is 0.700. The van der Waals surface area contributed by atoms with Crippen LogP contribution < -0.4 is 5.32 Å². The number of pyridine rings is 2. The van der Waals surface area contributed by atoms with E-state index in [0.29, 0.717) is 15.9 Å². The summed E-state index contributed by atoms with van der Waals surface area (Å²) in [7, 11) is 0. The second-order valence-corrected chi connectivity index (χ2v) is 4.32. The highest BCUT2D eigenvalue weighted by Gasteiger charge is 2.06. The van der Waals surface area contributed by atoms with Crippen molar-refractivity contribution in [2.24, 2.45) is 0 Å². The Labute approximate surface area is 107 Å². The number of halogens is 1. The van der Waals surface area contributed by atoms with Crippen LogP contribution in [0.3, 0.4) is 0 Å². The molecule has 2 aromatic rings. The molecule has 2 rings (SSSR count). The zero-order valence-corrected chi connectivity index (χ0v) is 10.7. The Morgan fingerprint density at radius 1 is 1.18 bits per heavy atom. The normalized spacial score (nSPS) is 10.0. The Balaban J connectivity index is 2.11. The number of nitrogens with zero attached hydrogens (tertiary/aromatic N) is 2. The molecule has 0 atom stereocenters. The maximum atomic E-state index is 11.8. The van der Waals surface area contributed by atoms with Crippen molar-refractivity contribution in [1.29, 1.82) is 0 Å². The van der Waals surface area contributed by atoms with Gasteiger partial charge in [-0.2, -0.15) is 0 Å². The largest absolute Gasteiger partial charge is 0.321 e. The molecule has 4 nitrogen and oxygen atoms in total. The van der Waals surface area contributed by atoms with E-state index in [9.17, 15) is 4.79 Å². The lowest BCUT2D eigenvalue weighted by Gasteiger charge is -2.04. The van der Waals surface area contributed by atoms with E-state index < -0.39 is 0 Å². The Bertz CT molecular complexity index is 522. The average molecular weight is 292 g/mol. The molecule has 0 unspecified atom stereocenters. The summed E-state index contributed by atoms with van der Waals surface area (Å²) in [5.74, 6) is -0.198. The molecule has 86 valence electrons. The summed E-state index contributed by atoms with van der Waals surface area (Å²) >= 11 is 3.22. The van der Waals surface area contributed by atoms with Gasteiger partial charge in [0.25, 0.3) is 5.91 Å². The molecular weight excluding hydrogens is 282 g/mol. The van der Waals surface area contributed by atoms with E-state index in [-0.39, 0.29) is 5.91 Å². The highest BCUT2D eigenvalue weighted by atomic mass is 79.9. The van der Waals surface area contributed by atoms with Crippen molar-refractivity contribution in [3.05, 3.63) is 52.5 Å². The number of aryl methyl sites for hydroxylation is 1. The molecular formula is C12H10BrN3O. The zero-order valence-electron chi connectivity index (χ0n) is 9.14. The average Bonchev–Trinajstić information content (AvgIpc) is 2.33. The minimum absolute atomic E-state index is 0.198. The SMILES string of the molecule is Cc1ccc(NC(=O)c2ccc(Br)nc2)cn1. The number of amides is 1. The lowest BCUT2D eigenvalue weighted by Crippen LogP contribution is -2.12. The quantitative estimate of drug-likeness (QED) is 0.866. The predicted molar refractivity (Wildman–Crippen MR) is 68.9 cm³/mol. The number of aromatic nitrogens is 2. The number of hydrogen-bond donors (Lipinski definition) is 1. The van der Waals surface area contributed by atoms with Crippen LogP contribution >= 0.6 is 15.9 Å². The van der Waals surface area contributed by atoms with Crippen molar-refractivity contribution in [3.63, 3.8) is 0 Å². The molecule has 0 bridgehead atoms. The zero-order chi connectivity index (χ0) is 12.3. The van der Waals surface area contributed by atoms with Gasteiger partial charge in [-0.25, -0.2) is 4.98 Å². The van der Waals surface area contributed by atoms with Crippen LogP contribution in [0.25, 0.3) is 0 Å². The van der Waals surface area contributed by atoms with E-state index in [0.717, 1.165) is 5.69 Å². The lowest BCUT2D eigenvalue weighted by molar-refractivity contribution is 0.102. The van der Waals surface area contributed by atoms with Crippen molar-refractivity contribution in [3.8, 4) is 0 Å². The van der Waals surface area contributed by atoms with E-state index in [1.54, 1.807) is 18.3 Å². The standard InChI is InChI=1S/C12H10BrN3O/c1-8-2-4-10(7-14-8)16-12(17)9-3-5-11(13)15-6-9/h2-7H,1H3,(H,16,17). The van der Waals surface area contributed by atoms with E-state index in [2.05, 4.69) is 31.2 Å². The maximum Gasteiger partial charge on any atom is 0.257 e. The third kappa shape index (κ3) is 3.10. The van der Waals surface area contributed by atoms with Gasteiger partial charge in [0.05, 0.1) is 17.4 Å². The molecule has 0 saturated heterocycles. The van der Waals surface area contributed by atoms with Crippen molar-refractivity contribution < 1.29 is 4.79 Å². The van der Waals surface area contributed by atoms with Crippen molar-refractivity contribution in [1.82, 2.24) is 9.97 Å². The Kier molecular flexibility index (Phi) is 3.49. The van der Waals surface area contributed by atoms with Gasteiger partial charge in [-0.15, -0.1) is 0 Å². The smallest absolute Gasteiger partial charge is 0.257 e. The van der Waals surface area contributed by atoms with E-state index in [4.69, 9.17) is 0 Å². The monoisotopic (exact) mass is 291 g/mol. The molecule has 0 aliphatic heterocycles. The highest BCUT2D eigenvalue weighted by molar-refractivity contribution is 9.10. The Hall–Kier alpha value is -1.75. The third-order valence-corrected chi connectivity index (χ3v) is 2.63. The van der Waals surface area contributed by atoms with Crippen molar-refractivity contribution in [2.75, 3.05) is 5.32 Å². The minimum atomic E-state index is -0.198. The van der Waals surface area contributed by atoms with Crippen molar-refractivity contribution >= 4 is 27.5 Å². The van der Waals surface area contributed by atoms with E-state index in [1.165, 1.54) is 6.20 Å². The molecule has 0 aliphatic rings. The topological polar surface area (TPSA) is 54.9 Å². The number of carbonyl (C=O) groups excluding carboxylic acids is 1. The molecule has 0 fully saturated rings. The van der Waals surface area contributed by atoms with Gasteiger partial charge in [0.2, 0.25) is 0 Å². The van der Waals surface area contributed by atoms with Crippen LogP contribution in [-0.2, 0) is 0 Å². The summed E-state index contributed by atoms with van der Waals surface area (Å²) in [5, 5.41) is 2.75. The first-order valence-corrected chi connectivity index (χ1v) is 5.80. The first-order chi connectivity index (χ1) is 8.15. The van der Waals surface area contributed by atoms with Gasteiger partial charge >= 0.3 is 0 Å². The summed E-state index contributed by atoms with van der Waals surface area (Å²) in [4.78, 5) is 19.9. The van der Waals surface area contributed by atoms with Gasteiger partial charge < -0.3 is 5.32 Å². The first-order valence-electron chi connectivity index (χ1n) is 5.01. The first kappa shape index (κ1) is 11.7. The molecule has 5 heteroatoms. The Morgan fingerprint density at radius 3 is 2.59 bits per heavy atom. The molecule has 2 aromatic heterocycles. The number of carbonyl (C=O) groups is 1. The van der Waals surface area contributed by atoms with E-state index in [1.807, 2.05) is 19.1 Å². The van der Waals surface area contributed by atoms with Gasteiger partial charge in [0.15, 0.2) is 0 Å². The second kappa shape index (κ2) is 5.05. The van der Waals surface area contributed by atoms with Crippen LogP contribution in [0.1, 0.15) is 16.1 Å². The summed E-state index contributed by atoms with van der Waals surface area (Å²) in [6.07, 6.45) is 3.14. The minimum Gasteiger partial charge on any atom is -0.321 e. The van der Waals surface area contributed by atoms with Gasteiger partial charge in [-0.05, 0) is 47.1 Å². The molecule has 2 heterocycles. The van der Waals surface area contributed by atoms with Crippen LogP contribution in [0.15, 0.2) is 41.3 Å². The van der Waals surface area contributed by atoms with Gasteiger partial charge in [-0.3, -0.25) is 9.78 Å². The van der Waals surface area contributed by atoms with Crippen LogP contribution in [0, 0.1) is 6.92 Å². The van der Waals surface area contributed by atoms with Crippen LogP contribution in [0.2, 0.25) is 0 Å². The molecule has 0 saturated carbocycles. The number of hydrogen-bond acceptors (Lipinski definition) is 3. The molecule has 0 radical (unpaired) electrons. The maximum absolute atomic E-state index is 11.8. The molecule has 1 N–H and O–H groups in total. The molecule has 17 heavy (non-hydrogen) atoms. The fourth-order valence-corrected chi connectivity index (χ4v) is 1.49. The van der Waals surface area contributed by atoms with Gasteiger partial charge in [0, 0.05) is 11.9 Å². The molecule has 0 aromatic carbocycles.